The zero-order valence-electron chi connectivity index (χ0n) is 18.5. The van der Waals surface area contributed by atoms with Crippen molar-refractivity contribution in [2.45, 2.75) is 17.2 Å². The fraction of sp³-hybridized carbons (Fsp3) is 0.333. The van der Waals surface area contributed by atoms with E-state index in [0.29, 0.717) is 6.42 Å². The zero-order valence-corrected chi connectivity index (χ0v) is 20.0. The van der Waals surface area contributed by atoms with Gasteiger partial charge >= 0.3 is 5.97 Å². The predicted molar refractivity (Wildman–Crippen MR) is 129 cm³/mol. The Kier molecular flexibility index (Phi) is 6.17. The molecule has 10 nitrogen and oxygen atoms in total. The number of carbonyl (C=O) groups is 4. The number of fused-ring (bicyclic) bond motifs is 5. The maximum absolute atomic E-state index is 13.2. The van der Waals surface area contributed by atoms with Crippen molar-refractivity contribution in [3.63, 3.8) is 0 Å². The minimum atomic E-state index is -0.841. The molecule has 2 aromatic carbocycles. The van der Waals surface area contributed by atoms with Gasteiger partial charge in [-0.05, 0) is 42.5 Å². The maximum atomic E-state index is 13.2. The van der Waals surface area contributed by atoms with E-state index in [9.17, 15) is 29.3 Å². The van der Waals surface area contributed by atoms with Gasteiger partial charge in [0.25, 0.3) is 11.6 Å². The Hall–Kier alpha value is -3.50. The van der Waals surface area contributed by atoms with E-state index in [1.807, 2.05) is 0 Å². The zero-order chi connectivity index (χ0) is 25.7. The second-order valence-electron chi connectivity index (χ2n) is 9.00. The molecule has 0 spiro atoms. The highest BCUT2D eigenvalue weighted by molar-refractivity contribution is 6.32. The number of esters is 1. The summed E-state index contributed by atoms with van der Waals surface area (Å²) in [5.74, 6) is -3.61. The first-order valence-electron chi connectivity index (χ1n) is 11.1. The van der Waals surface area contributed by atoms with Gasteiger partial charge in [-0.3, -0.25) is 29.4 Å². The number of hydrogen-bond acceptors (Lipinski definition) is 7. The molecule has 2 saturated carbocycles. The molecule has 36 heavy (non-hydrogen) atoms. The van der Waals surface area contributed by atoms with Crippen molar-refractivity contribution in [3.05, 3.63) is 64.2 Å². The van der Waals surface area contributed by atoms with E-state index >= 15 is 0 Å². The first-order chi connectivity index (χ1) is 17.2. The second kappa shape index (κ2) is 9.18. The van der Waals surface area contributed by atoms with E-state index in [1.54, 1.807) is 6.07 Å². The fourth-order valence-corrected chi connectivity index (χ4v) is 6.38. The maximum Gasteiger partial charge on any atom is 0.338 e. The van der Waals surface area contributed by atoms with Crippen LogP contribution in [0.4, 0.5) is 17.1 Å². The Labute approximate surface area is 214 Å². The number of halogens is 2. The topological polar surface area (TPSA) is 136 Å². The van der Waals surface area contributed by atoms with Crippen LogP contribution in [0.1, 0.15) is 16.8 Å². The number of benzene rings is 2. The Bertz CT molecular complexity index is 1270. The normalized spacial score (nSPS) is 28.2. The van der Waals surface area contributed by atoms with Crippen molar-refractivity contribution in [1.29, 1.82) is 0 Å². The Morgan fingerprint density at radius 1 is 1.03 bits per heavy atom. The summed E-state index contributed by atoms with van der Waals surface area (Å²) < 4.78 is 5.05. The Morgan fingerprint density at radius 2 is 1.67 bits per heavy atom. The lowest BCUT2D eigenvalue weighted by molar-refractivity contribution is -0.384. The van der Waals surface area contributed by atoms with Gasteiger partial charge in [0.2, 0.25) is 11.8 Å². The molecule has 3 amide bonds. The number of anilines is 2. The molecule has 1 N–H and O–H groups in total. The Morgan fingerprint density at radius 3 is 2.31 bits per heavy atom. The SMILES string of the molecule is O=C(COC(=O)c1cccc(N2C(=O)[C@@H]3[C@H]4C[C@@H]([C@H](Cl)[C@H]4Cl)[C@H]3C2=O)c1)Nc1cccc([N+](=O)[O-])c1. The third-order valence-corrected chi connectivity index (χ3v) is 8.32. The number of rotatable bonds is 6. The van der Waals surface area contributed by atoms with Gasteiger partial charge in [-0.25, -0.2) is 4.79 Å². The van der Waals surface area contributed by atoms with E-state index in [2.05, 4.69) is 5.32 Å². The number of imide groups is 1. The van der Waals surface area contributed by atoms with Gasteiger partial charge < -0.3 is 10.1 Å². The van der Waals surface area contributed by atoms with Crippen LogP contribution in [0.3, 0.4) is 0 Å². The summed E-state index contributed by atoms with van der Waals surface area (Å²) >= 11 is 12.8. The summed E-state index contributed by atoms with van der Waals surface area (Å²) in [6.45, 7) is -0.644. The molecule has 0 radical (unpaired) electrons. The van der Waals surface area contributed by atoms with Gasteiger partial charge in [0.05, 0.1) is 38.8 Å². The first kappa shape index (κ1) is 24.2. The van der Waals surface area contributed by atoms with Gasteiger partial charge in [-0.1, -0.05) is 12.1 Å². The highest BCUT2D eigenvalue weighted by Gasteiger charge is 2.66. The van der Waals surface area contributed by atoms with Crippen LogP contribution < -0.4 is 10.2 Å². The smallest absolute Gasteiger partial charge is 0.338 e. The van der Waals surface area contributed by atoms with E-state index in [4.69, 9.17) is 27.9 Å². The molecule has 0 unspecified atom stereocenters. The van der Waals surface area contributed by atoms with E-state index < -0.39 is 35.2 Å². The highest BCUT2D eigenvalue weighted by Crippen LogP contribution is 2.59. The van der Waals surface area contributed by atoms with Crippen molar-refractivity contribution >= 4 is 64.0 Å². The molecule has 6 atom stereocenters. The van der Waals surface area contributed by atoms with Crippen LogP contribution in [0, 0.1) is 33.8 Å². The first-order valence-corrected chi connectivity index (χ1v) is 12.0. The van der Waals surface area contributed by atoms with Gasteiger partial charge in [-0.15, -0.1) is 23.2 Å². The molecule has 1 saturated heterocycles. The summed E-state index contributed by atoms with van der Waals surface area (Å²) in [6.07, 6.45) is 0.647. The third-order valence-electron chi connectivity index (χ3n) is 7.00. The molecule has 2 bridgehead atoms. The third kappa shape index (κ3) is 4.00. The molecule has 12 heteroatoms. The molecule has 1 heterocycles. The van der Waals surface area contributed by atoms with Gasteiger partial charge in [-0.2, -0.15) is 0 Å². The molecule has 2 aliphatic carbocycles. The van der Waals surface area contributed by atoms with Gasteiger partial charge in [0.15, 0.2) is 6.61 Å². The molecule has 3 aliphatic rings. The number of nitro groups is 1. The van der Waals surface area contributed by atoms with E-state index in [1.165, 1.54) is 42.5 Å². The summed E-state index contributed by atoms with van der Waals surface area (Å²) in [6, 6.07) is 11.2. The average molecular weight is 532 g/mol. The van der Waals surface area contributed by atoms with Crippen molar-refractivity contribution in [2.24, 2.45) is 23.7 Å². The quantitative estimate of drug-likeness (QED) is 0.198. The summed E-state index contributed by atoms with van der Waals surface area (Å²) in [5, 5.41) is 12.5. The highest BCUT2D eigenvalue weighted by atomic mass is 35.5. The van der Waals surface area contributed by atoms with Gasteiger partial charge in [0.1, 0.15) is 0 Å². The van der Waals surface area contributed by atoms with Crippen LogP contribution in [-0.2, 0) is 19.1 Å². The minimum Gasteiger partial charge on any atom is -0.452 e. The second-order valence-corrected chi connectivity index (χ2v) is 10.0. The number of hydrogen-bond donors (Lipinski definition) is 1. The molecule has 3 fully saturated rings. The average Bonchev–Trinajstić information content (AvgIpc) is 3.47. The van der Waals surface area contributed by atoms with E-state index in [-0.39, 0.29) is 57.0 Å². The summed E-state index contributed by atoms with van der Waals surface area (Å²) in [5.41, 5.74) is 0.248. The number of carbonyl (C=O) groups excluding carboxylic acids is 4. The predicted octanol–water partition coefficient (Wildman–Crippen LogP) is 3.36. The fourth-order valence-electron chi connectivity index (χ4n) is 5.48. The van der Waals surface area contributed by atoms with E-state index in [0.717, 1.165) is 4.90 Å². The van der Waals surface area contributed by atoms with Crippen LogP contribution in [0.5, 0.6) is 0 Å². The van der Waals surface area contributed by atoms with Crippen molar-refractivity contribution in [2.75, 3.05) is 16.8 Å². The number of alkyl halides is 2. The lowest BCUT2D eigenvalue weighted by Gasteiger charge is -2.28. The van der Waals surface area contributed by atoms with Crippen LogP contribution in [-0.4, -0.2) is 46.0 Å². The molecule has 5 rings (SSSR count). The van der Waals surface area contributed by atoms with Crippen molar-refractivity contribution in [1.82, 2.24) is 0 Å². The van der Waals surface area contributed by atoms with Crippen LogP contribution in [0.15, 0.2) is 48.5 Å². The molecular weight excluding hydrogens is 513 g/mol. The molecular formula is C24H19Cl2N3O7. The van der Waals surface area contributed by atoms with Crippen LogP contribution in [0.25, 0.3) is 0 Å². The van der Waals surface area contributed by atoms with Gasteiger partial charge in [0, 0.05) is 17.8 Å². The van der Waals surface area contributed by atoms with Crippen LogP contribution in [0.2, 0.25) is 0 Å². The number of non-ortho nitro benzene ring substituents is 1. The lowest BCUT2D eigenvalue weighted by Crippen LogP contribution is -2.37. The molecule has 2 aromatic rings. The van der Waals surface area contributed by atoms with Crippen molar-refractivity contribution in [3.8, 4) is 0 Å². The number of nitrogens with one attached hydrogen (secondary N) is 1. The monoisotopic (exact) mass is 531 g/mol. The summed E-state index contributed by atoms with van der Waals surface area (Å²) in [4.78, 5) is 62.4. The number of ether oxygens (including phenoxy) is 1. The Balaban J connectivity index is 1.25. The minimum absolute atomic E-state index is 0.0433. The number of nitro benzene ring substituents is 1. The molecule has 186 valence electrons. The standard InChI is InChI=1S/C24H19Cl2N3O7/c25-20-15-9-16(21(20)26)19-18(15)22(31)28(23(19)32)13-5-1-3-11(7-13)24(33)36-10-17(30)27-12-4-2-6-14(8-12)29(34)35/h1-8,15-16,18-21H,9-10H2,(H,27,30)/t15-,16-,18-,19-,20+,21+/m1/s1. The van der Waals surface area contributed by atoms with Crippen LogP contribution >= 0.6 is 23.2 Å². The molecule has 0 aromatic heterocycles. The molecule has 1 aliphatic heterocycles. The largest absolute Gasteiger partial charge is 0.452 e. The lowest BCUT2D eigenvalue weighted by atomic mass is 9.80. The van der Waals surface area contributed by atoms with Crippen molar-refractivity contribution < 1.29 is 28.8 Å². The summed E-state index contributed by atoms with van der Waals surface area (Å²) in [7, 11) is 0. The number of amides is 3. The number of nitrogens with zero attached hydrogens (tertiary/aromatic N) is 2.